The summed E-state index contributed by atoms with van der Waals surface area (Å²) in [6, 6.07) is 21.0. The number of nitrogens with two attached hydrogens (primary N) is 2. The van der Waals surface area contributed by atoms with Crippen molar-refractivity contribution < 1.29 is 76.9 Å². The van der Waals surface area contributed by atoms with Gasteiger partial charge in [-0.15, -0.1) is 0 Å². The number of hydrogen-bond acceptors (Lipinski definition) is 17. The normalized spacial score (nSPS) is 13.0. The number of esters is 2. The first-order valence-electron chi connectivity index (χ1n) is 31.5. The van der Waals surface area contributed by atoms with Crippen LogP contribution in [0, 0.1) is 11.8 Å². The Balaban J connectivity index is 1.34. The quantitative estimate of drug-likeness (QED) is 0.00819. The summed E-state index contributed by atoms with van der Waals surface area (Å²) in [7, 11) is 1.17. The zero-order chi connectivity index (χ0) is 71.6. The van der Waals surface area contributed by atoms with Crippen LogP contribution in [-0.2, 0) is 92.7 Å². The average Bonchev–Trinajstić information content (AvgIpc) is 1.13. The predicted octanol–water partition coefficient (Wildman–Crippen LogP) is -1.21. The minimum Gasteiger partial charge on any atom is -0.508 e. The zero-order valence-corrected chi connectivity index (χ0v) is 55.5. The lowest BCUT2D eigenvalue weighted by atomic mass is 10.0. The van der Waals surface area contributed by atoms with E-state index in [-0.39, 0.29) is 80.8 Å². The molecule has 0 radical (unpaired) electrons. The molecule has 97 heavy (non-hydrogen) atoms. The first-order chi connectivity index (χ1) is 46.1. The van der Waals surface area contributed by atoms with Gasteiger partial charge in [0.1, 0.15) is 53.8 Å². The summed E-state index contributed by atoms with van der Waals surface area (Å²) >= 11 is 0. The number of hydrogen-bond donors (Lipinski definition) is 14. The second-order valence-electron chi connectivity index (χ2n) is 23.7. The highest BCUT2D eigenvalue weighted by Crippen LogP contribution is 2.18. The number of aromatic hydroxyl groups is 1. The van der Waals surface area contributed by atoms with Crippen LogP contribution in [0.2, 0.25) is 0 Å². The van der Waals surface area contributed by atoms with Crippen LogP contribution in [-0.4, -0.2) is 170 Å². The molecule has 0 bridgehead atoms. The van der Waals surface area contributed by atoms with Gasteiger partial charge in [-0.05, 0) is 84.0 Å². The number of phenols is 1. The second-order valence-corrected chi connectivity index (χ2v) is 23.7. The van der Waals surface area contributed by atoms with Gasteiger partial charge in [0.05, 0.1) is 33.3 Å². The van der Waals surface area contributed by atoms with Gasteiger partial charge in [0.2, 0.25) is 65.0 Å². The number of phenolic OH excluding ortho intramolecular Hbond substituents is 1. The third kappa shape index (κ3) is 30.8. The van der Waals surface area contributed by atoms with E-state index in [2.05, 4.69) is 63.5 Å². The lowest BCUT2D eigenvalue weighted by Crippen LogP contribution is -2.57. The Labute approximate surface area is 562 Å². The molecular weight excluding hydrogens is 1260 g/mol. The van der Waals surface area contributed by atoms with Crippen molar-refractivity contribution in [3.63, 3.8) is 0 Å². The lowest BCUT2D eigenvalue weighted by molar-refractivity contribution is -0.145. The molecule has 16 N–H and O–H groups in total. The highest BCUT2D eigenvalue weighted by molar-refractivity contribution is 5.97. The highest BCUT2D eigenvalue weighted by Gasteiger charge is 2.33. The van der Waals surface area contributed by atoms with E-state index in [0.717, 1.165) is 0 Å². The third-order valence-electron chi connectivity index (χ3n) is 14.3. The number of amides is 11. The minimum atomic E-state index is -1.26. The Morgan fingerprint density at radius 1 is 0.423 bits per heavy atom. The Bertz CT molecular complexity index is 3350. The van der Waals surface area contributed by atoms with Crippen molar-refractivity contribution in [2.75, 3.05) is 39.8 Å². The van der Waals surface area contributed by atoms with E-state index in [1.807, 2.05) is 27.7 Å². The predicted molar refractivity (Wildman–Crippen MR) is 356 cm³/mol. The SMILES string of the molecule is COC(=O)[C@H](CCCN=C(N)N)NC(=O)[C@H](CC(C)C)NC(=O)[C@H](Cc1ccccc1)NC(=O)CNC(=O)CNC(=O)[C@H](Cc1ccc(OC(=O)[C@H](CC(C)C)NC(=O)[C@H](Cc2ccccc2)NC(=O)CNC(=O)CNC(=O)[C@H](Cc2ccc(O)cc2)NC(C)=O)cc1)NC(C)=O. The van der Waals surface area contributed by atoms with Crippen molar-refractivity contribution in [1.82, 2.24) is 58.5 Å². The summed E-state index contributed by atoms with van der Waals surface area (Å²) in [5.41, 5.74) is 13.2. The first-order valence-corrected chi connectivity index (χ1v) is 31.5. The van der Waals surface area contributed by atoms with Crippen LogP contribution in [0.25, 0.3) is 0 Å². The molecule has 0 spiro atoms. The number of ether oxygens (including phenoxy) is 2. The van der Waals surface area contributed by atoms with E-state index >= 15 is 0 Å². The smallest absolute Gasteiger partial charge is 0.334 e. The van der Waals surface area contributed by atoms with Crippen LogP contribution in [0.5, 0.6) is 11.5 Å². The minimum absolute atomic E-state index is 0.0107. The molecule has 0 unspecified atom stereocenters. The molecule has 0 saturated heterocycles. The maximum Gasteiger partial charge on any atom is 0.334 e. The summed E-state index contributed by atoms with van der Waals surface area (Å²) < 4.78 is 10.6. The summed E-state index contributed by atoms with van der Waals surface area (Å²) in [5, 5.41) is 37.6. The molecule has 4 aromatic carbocycles. The Morgan fingerprint density at radius 2 is 0.794 bits per heavy atom. The zero-order valence-electron chi connectivity index (χ0n) is 55.5. The molecule has 0 aliphatic carbocycles. The fourth-order valence-electron chi connectivity index (χ4n) is 9.67. The number of methoxy groups -OCH3 is 1. The number of guanidine groups is 1. The van der Waals surface area contributed by atoms with Gasteiger partial charge < -0.3 is 84.5 Å². The largest absolute Gasteiger partial charge is 0.508 e. The van der Waals surface area contributed by atoms with E-state index in [9.17, 15) is 67.4 Å². The fraction of sp³-hybridized carbons (Fsp3) is 0.433. The Kier molecular flexibility index (Phi) is 33.2. The first kappa shape index (κ1) is 78.5. The van der Waals surface area contributed by atoms with Crippen molar-refractivity contribution >= 4 is 82.9 Å². The van der Waals surface area contributed by atoms with Crippen molar-refractivity contribution in [3.05, 3.63) is 131 Å². The van der Waals surface area contributed by atoms with E-state index in [0.29, 0.717) is 28.7 Å². The lowest BCUT2D eigenvalue weighted by Gasteiger charge is -2.26. The maximum atomic E-state index is 14.1. The van der Waals surface area contributed by atoms with Gasteiger partial charge in [-0.25, -0.2) is 9.59 Å². The van der Waals surface area contributed by atoms with E-state index in [1.165, 1.54) is 57.4 Å². The molecule has 0 heterocycles. The third-order valence-corrected chi connectivity index (χ3v) is 14.3. The van der Waals surface area contributed by atoms with Crippen LogP contribution in [0.15, 0.2) is 114 Å². The number of carbonyl (C=O) groups excluding carboxylic acids is 13. The molecule has 0 saturated carbocycles. The van der Waals surface area contributed by atoms with E-state index in [1.54, 1.807) is 72.8 Å². The Hall–Kier alpha value is -10.9. The van der Waals surface area contributed by atoms with Gasteiger partial charge in [0.25, 0.3) is 0 Å². The van der Waals surface area contributed by atoms with Crippen molar-refractivity contribution in [1.29, 1.82) is 0 Å². The van der Waals surface area contributed by atoms with Gasteiger partial charge in [-0.3, -0.25) is 57.7 Å². The molecule has 4 aromatic rings. The van der Waals surface area contributed by atoms with Crippen molar-refractivity contribution in [2.24, 2.45) is 28.3 Å². The van der Waals surface area contributed by atoms with Gasteiger partial charge in [-0.2, -0.15) is 0 Å². The number of benzene rings is 4. The van der Waals surface area contributed by atoms with E-state index < -0.39 is 145 Å². The van der Waals surface area contributed by atoms with Gasteiger partial charge in [0.15, 0.2) is 5.96 Å². The number of carbonyl (C=O) groups is 13. The molecule has 0 aliphatic heterocycles. The van der Waals surface area contributed by atoms with Crippen LogP contribution < -0.4 is 74.7 Å². The molecule has 524 valence electrons. The van der Waals surface area contributed by atoms with Crippen LogP contribution in [0.3, 0.4) is 0 Å². The molecule has 0 aromatic heterocycles. The topological polar surface area (TPSA) is 457 Å². The summed E-state index contributed by atoms with van der Waals surface area (Å²) in [5.74, 6) is -9.76. The standard InChI is InChI=1S/C67H90N14O16/c1-39(2)29-50(62(91)79-49(65(94)96-7)19-14-28-70-67(68)69)80-63(92)53(31-43-15-10-8-11-16-43)77-58(87)37-71-57(86)36-74-61(90)52(76-42(6)83)34-46-22-26-48(27-23-46)97-66(95)55(30-40(3)4)81-64(93)54(32-44-17-12-9-13-18-44)78-59(88)38-72-56(85)35-73-60(89)51(75-41(5)82)33-45-20-24-47(84)25-21-45/h8-13,15-18,20-27,39-40,49-55,84H,14,19,28-38H2,1-7H3,(H,71,86)(H,72,85)(H,73,89)(H,74,90)(H,75,82)(H,76,83)(H,77,87)(H,78,88)(H,79,91)(H,80,92)(H,81,93)(H4,68,69,70)/t49-,50-,51-,52-,53-,54-,55-/m0/s1. The van der Waals surface area contributed by atoms with Crippen LogP contribution >= 0.6 is 0 Å². The highest BCUT2D eigenvalue weighted by atomic mass is 16.5. The summed E-state index contributed by atoms with van der Waals surface area (Å²) in [4.78, 5) is 175. The molecular formula is C67H90N14O16. The molecule has 11 amide bonds. The summed E-state index contributed by atoms with van der Waals surface area (Å²) in [6.45, 7) is 7.44. The molecule has 0 aliphatic rings. The molecule has 30 nitrogen and oxygen atoms in total. The monoisotopic (exact) mass is 1350 g/mol. The maximum absolute atomic E-state index is 14.1. The van der Waals surface area contributed by atoms with Crippen LogP contribution in [0.4, 0.5) is 0 Å². The Morgan fingerprint density at radius 3 is 1.21 bits per heavy atom. The second kappa shape index (κ2) is 41.0. The number of nitrogens with zero attached hydrogens (tertiary/aromatic N) is 1. The summed E-state index contributed by atoms with van der Waals surface area (Å²) in [6.07, 6.45) is 0.588. The number of aliphatic imine (C=N–C) groups is 1. The van der Waals surface area contributed by atoms with Gasteiger partial charge >= 0.3 is 11.9 Å². The van der Waals surface area contributed by atoms with Crippen molar-refractivity contribution in [3.8, 4) is 11.5 Å². The molecule has 4 rings (SSSR count). The molecule has 30 heteroatoms. The van der Waals surface area contributed by atoms with E-state index in [4.69, 9.17) is 20.9 Å². The molecule has 0 fully saturated rings. The molecule has 7 atom stereocenters. The van der Waals surface area contributed by atoms with Gasteiger partial charge in [0, 0.05) is 46.1 Å². The average molecular weight is 1350 g/mol. The fourth-order valence-corrected chi connectivity index (χ4v) is 9.67. The van der Waals surface area contributed by atoms with Crippen molar-refractivity contribution in [2.45, 2.75) is 135 Å². The van der Waals surface area contributed by atoms with Gasteiger partial charge in [-0.1, -0.05) is 113 Å². The van der Waals surface area contributed by atoms with Crippen LogP contribution in [0.1, 0.15) is 89.5 Å². The number of rotatable bonds is 39. The number of nitrogens with one attached hydrogen (secondary N) is 11.